The summed E-state index contributed by atoms with van der Waals surface area (Å²) in [6, 6.07) is 7.38. The highest BCUT2D eigenvalue weighted by molar-refractivity contribution is 7.99. The minimum atomic E-state index is -0.0121. The monoisotopic (exact) mass is 367 g/mol. The summed E-state index contributed by atoms with van der Waals surface area (Å²) in [7, 11) is 0. The Bertz CT molecular complexity index is 659. The zero-order valence-electron chi connectivity index (χ0n) is 14.1. The summed E-state index contributed by atoms with van der Waals surface area (Å²) in [5.41, 5.74) is 0.803. The molecule has 0 saturated carbocycles. The molecule has 1 amide bonds. The van der Waals surface area contributed by atoms with Gasteiger partial charge in [-0.05, 0) is 60.4 Å². The van der Waals surface area contributed by atoms with Crippen molar-refractivity contribution in [2.24, 2.45) is 5.92 Å². The van der Waals surface area contributed by atoms with Gasteiger partial charge in [-0.15, -0.1) is 5.10 Å². The topological polar surface area (TPSA) is 72.7 Å². The Morgan fingerprint density at radius 3 is 2.62 bits per heavy atom. The largest absolute Gasteiger partial charge is 0.353 e. The molecule has 0 aliphatic carbocycles. The Balaban J connectivity index is 1.87. The second kappa shape index (κ2) is 9.03. The minimum absolute atomic E-state index is 0.0121. The Hall–Kier alpha value is -1.60. The average molecular weight is 368 g/mol. The molecule has 1 aromatic heterocycles. The summed E-state index contributed by atoms with van der Waals surface area (Å²) < 4.78 is 1.59. The second-order valence-electron chi connectivity index (χ2n) is 6.08. The van der Waals surface area contributed by atoms with Gasteiger partial charge >= 0.3 is 0 Å². The molecule has 0 aliphatic rings. The number of benzene rings is 1. The molecule has 0 radical (unpaired) electrons. The van der Waals surface area contributed by atoms with Crippen LogP contribution in [0.25, 0.3) is 5.69 Å². The smallest absolute Gasteiger partial charge is 0.230 e. The fourth-order valence-electron chi connectivity index (χ4n) is 2.12. The third-order valence-corrected chi connectivity index (χ3v) is 4.60. The molecular formula is C16H22ClN5OS. The lowest BCUT2D eigenvalue weighted by Crippen LogP contribution is -2.34. The number of nitrogens with one attached hydrogen (secondary N) is 1. The van der Waals surface area contributed by atoms with Gasteiger partial charge in [0.15, 0.2) is 0 Å². The van der Waals surface area contributed by atoms with E-state index in [1.54, 1.807) is 16.8 Å². The Morgan fingerprint density at radius 1 is 1.25 bits per heavy atom. The quantitative estimate of drug-likeness (QED) is 0.724. The van der Waals surface area contributed by atoms with Crippen molar-refractivity contribution in [2.45, 2.75) is 44.8 Å². The summed E-state index contributed by atoms with van der Waals surface area (Å²) >= 11 is 7.20. The molecule has 1 atom stereocenters. The molecule has 6 nitrogen and oxygen atoms in total. The van der Waals surface area contributed by atoms with Gasteiger partial charge in [-0.25, -0.2) is 0 Å². The molecule has 0 unspecified atom stereocenters. The number of carbonyl (C=O) groups excluding carboxylic acids is 1. The van der Waals surface area contributed by atoms with E-state index >= 15 is 0 Å². The van der Waals surface area contributed by atoms with Crippen LogP contribution in [-0.2, 0) is 4.79 Å². The molecule has 0 spiro atoms. The maximum atomic E-state index is 12.1. The first-order valence-electron chi connectivity index (χ1n) is 7.92. The number of hydrogen-bond donors (Lipinski definition) is 1. The van der Waals surface area contributed by atoms with Crippen LogP contribution in [0.3, 0.4) is 0 Å². The number of hydrogen-bond acceptors (Lipinski definition) is 5. The fourth-order valence-corrected chi connectivity index (χ4v) is 2.94. The van der Waals surface area contributed by atoms with E-state index in [1.165, 1.54) is 11.8 Å². The molecule has 8 heteroatoms. The van der Waals surface area contributed by atoms with Gasteiger partial charge < -0.3 is 5.32 Å². The summed E-state index contributed by atoms with van der Waals surface area (Å²) in [4.78, 5) is 12.1. The predicted octanol–water partition coefficient (Wildman–Crippen LogP) is 3.35. The van der Waals surface area contributed by atoms with E-state index in [0.717, 1.165) is 18.5 Å². The van der Waals surface area contributed by atoms with Gasteiger partial charge in [0.2, 0.25) is 11.1 Å². The fraction of sp³-hybridized carbons (Fsp3) is 0.500. The molecule has 0 bridgehead atoms. The molecule has 0 aliphatic heterocycles. The molecular weight excluding hydrogens is 346 g/mol. The zero-order chi connectivity index (χ0) is 17.5. The van der Waals surface area contributed by atoms with Gasteiger partial charge in [0.1, 0.15) is 0 Å². The number of halogens is 1. The number of nitrogens with zero attached hydrogens (tertiary/aromatic N) is 4. The van der Waals surface area contributed by atoms with Crippen molar-refractivity contribution in [3.8, 4) is 5.69 Å². The van der Waals surface area contributed by atoms with Crippen LogP contribution in [0.15, 0.2) is 29.4 Å². The van der Waals surface area contributed by atoms with E-state index in [-0.39, 0.29) is 17.7 Å². The standard InChI is InChI=1S/C16H22ClN5OS/c1-11(2)4-5-12(3)18-15(23)10-24-16-19-20-21-22(16)14-8-6-13(17)7-9-14/h6-9,11-12H,4-5,10H2,1-3H3,(H,18,23)/t12-/m0/s1. The minimum Gasteiger partial charge on any atom is -0.353 e. The number of rotatable bonds is 8. The van der Waals surface area contributed by atoms with Gasteiger partial charge in [-0.3, -0.25) is 4.79 Å². The van der Waals surface area contributed by atoms with Crippen molar-refractivity contribution in [1.29, 1.82) is 0 Å². The van der Waals surface area contributed by atoms with E-state index in [0.29, 0.717) is 16.1 Å². The number of thioether (sulfide) groups is 1. The Morgan fingerprint density at radius 2 is 1.96 bits per heavy atom. The summed E-state index contributed by atoms with van der Waals surface area (Å²) in [6.07, 6.45) is 2.08. The number of amides is 1. The number of carbonyl (C=O) groups is 1. The molecule has 0 fully saturated rings. The highest BCUT2D eigenvalue weighted by Gasteiger charge is 2.13. The maximum Gasteiger partial charge on any atom is 0.230 e. The zero-order valence-corrected chi connectivity index (χ0v) is 15.6. The van der Waals surface area contributed by atoms with Crippen LogP contribution >= 0.6 is 23.4 Å². The van der Waals surface area contributed by atoms with Gasteiger partial charge in [0.25, 0.3) is 0 Å². The van der Waals surface area contributed by atoms with Crippen LogP contribution < -0.4 is 5.32 Å². The normalized spacial score (nSPS) is 12.4. The number of tetrazole rings is 1. The van der Waals surface area contributed by atoms with Crippen LogP contribution in [0.4, 0.5) is 0 Å². The van der Waals surface area contributed by atoms with E-state index in [9.17, 15) is 4.79 Å². The van der Waals surface area contributed by atoms with E-state index in [4.69, 9.17) is 11.6 Å². The molecule has 2 aromatic rings. The summed E-state index contributed by atoms with van der Waals surface area (Å²) in [5, 5.41) is 15.9. The van der Waals surface area contributed by atoms with Crippen molar-refractivity contribution >= 4 is 29.3 Å². The lowest BCUT2D eigenvalue weighted by molar-refractivity contribution is -0.119. The predicted molar refractivity (Wildman–Crippen MR) is 96.6 cm³/mol. The Labute approximate surface area is 151 Å². The van der Waals surface area contributed by atoms with Crippen LogP contribution in [-0.4, -0.2) is 37.9 Å². The third kappa shape index (κ3) is 5.79. The van der Waals surface area contributed by atoms with Crippen LogP contribution in [0.2, 0.25) is 5.02 Å². The number of aromatic nitrogens is 4. The summed E-state index contributed by atoms with van der Waals surface area (Å²) in [5.74, 6) is 0.907. The molecule has 1 aromatic carbocycles. The molecule has 1 N–H and O–H groups in total. The lowest BCUT2D eigenvalue weighted by atomic mass is 10.0. The first-order chi connectivity index (χ1) is 11.5. The second-order valence-corrected chi connectivity index (χ2v) is 7.46. The SMILES string of the molecule is CC(C)CC[C@H](C)NC(=O)CSc1nnnn1-c1ccc(Cl)cc1. The lowest BCUT2D eigenvalue weighted by Gasteiger charge is -2.14. The Kier molecular flexibility index (Phi) is 7.05. The van der Waals surface area contributed by atoms with Crippen molar-refractivity contribution < 1.29 is 4.79 Å². The van der Waals surface area contributed by atoms with Crippen molar-refractivity contribution in [3.05, 3.63) is 29.3 Å². The maximum absolute atomic E-state index is 12.1. The third-order valence-electron chi connectivity index (χ3n) is 3.43. The van der Waals surface area contributed by atoms with Crippen LogP contribution in [0.1, 0.15) is 33.6 Å². The van der Waals surface area contributed by atoms with Crippen LogP contribution in [0.5, 0.6) is 0 Å². The van der Waals surface area contributed by atoms with Crippen molar-refractivity contribution in [2.75, 3.05) is 5.75 Å². The highest BCUT2D eigenvalue weighted by Crippen LogP contribution is 2.19. The molecule has 2 rings (SSSR count). The summed E-state index contributed by atoms with van der Waals surface area (Å²) in [6.45, 7) is 6.39. The molecule has 1 heterocycles. The van der Waals surface area contributed by atoms with E-state index in [2.05, 4.69) is 34.7 Å². The van der Waals surface area contributed by atoms with Gasteiger partial charge in [0, 0.05) is 11.1 Å². The average Bonchev–Trinajstić information content (AvgIpc) is 3.00. The van der Waals surface area contributed by atoms with Crippen molar-refractivity contribution in [3.63, 3.8) is 0 Å². The highest BCUT2D eigenvalue weighted by atomic mass is 35.5. The van der Waals surface area contributed by atoms with Gasteiger partial charge in [-0.1, -0.05) is 37.2 Å². The van der Waals surface area contributed by atoms with Gasteiger partial charge in [0.05, 0.1) is 11.4 Å². The first kappa shape index (κ1) is 18.7. The van der Waals surface area contributed by atoms with Gasteiger partial charge in [-0.2, -0.15) is 4.68 Å². The van der Waals surface area contributed by atoms with Crippen LogP contribution in [0, 0.1) is 5.92 Å². The van der Waals surface area contributed by atoms with E-state index < -0.39 is 0 Å². The molecule has 0 saturated heterocycles. The van der Waals surface area contributed by atoms with Crippen molar-refractivity contribution in [1.82, 2.24) is 25.5 Å². The molecule has 24 heavy (non-hydrogen) atoms. The first-order valence-corrected chi connectivity index (χ1v) is 9.28. The molecule has 130 valence electrons. The van der Waals surface area contributed by atoms with E-state index in [1.807, 2.05) is 19.1 Å².